The SMILES string of the molecule is COC(C)(C)C(=O)NC(C)C(N)=NO. The van der Waals surface area contributed by atoms with Crippen molar-refractivity contribution in [3.63, 3.8) is 0 Å². The molecule has 0 heterocycles. The second-order valence-electron chi connectivity index (χ2n) is 3.43. The fourth-order valence-corrected chi connectivity index (χ4v) is 0.624. The Hall–Kier alpha value is -1.30. The van der Waals surface area contributed by atoms with Crippen LogP contribution in [0.15, 0.2) is 5.16 Å². The summed E-state index contributed by atoms with van der Waals surface area (Å²) in [5, 5.41) is 13.7. The van der Waals surface area contributed by atoms with Gasteiger partial charge in [0.1, 0.15) is 5.60 Å². The number of hydrogen-bond acceptors (Lipinski definition) is 4. The van der Waals surface area contributed by atoms with Crippen LogP contribution in [0.1, 0.15) is 20.8 Å². The third-order valence-corrected chi connectivity index (χ3v) is 1.96. The maximum absolute atomic E-state index is 11.5. The van der Waals surface area contributed by atoms with Gasteiger partial charge in [0, 0.05) is 7.11 Å². The van der Waals surface area contributed by atoms with E-state index in [4.69, 9.17) is 15.7 Å². The Balaban J connectivity index is 4.34. The molecule has 0 aliphatic rings. The van der Waals surface area contributed by atoms with Crippen molar-refractivity contribution in [3.05, 3.63) is 0 Å². The molecule has 1 amide bonds. The van der Waals surface area contributed by atoms with Crippen LogP contribution >= 0.6 is 0 Å². The predicted molar refractivity (Wildman–Crippen MR) is 52.1 cm³/mol. The van der Waals surface area contributed by atoms with Crippen molar-refractivity contribution in [2.45, 2.75) is 32.4 Å². The zero-order valence-electron chi connectivity index (χ0n) is 8.87. The number of methoxy groups -OCH3 is 1. The van der Waals surface area contributed by atoms with Crippen LogP contribution in [0.25, 0.3) is 0 Å². The van der Waals surface area contributed by atoms with Crippen LogP contribution in [-0.4, -0.2) is 35.7 Å². The molecule has 82 valence electrons. The Bertz CT molecular complexity index is 238. The molecule has 1 unspecified atom stereocenters. The van der Waals surface area contributed by atoms with E-state index in [1.807, 2.05) is 0 Å². The summed E-state index contributed by atoms with van der Waals surface area (Å²) in [5.74, 6) is -0.371. The number of amides is 1. The average molecular weight is 203 g/mol. The molecule has 0 saturated carbocycles. The Morgan fingerprint density at radius 1 is 1.64 bits per heavy atom. The van der Waals surface area contributed by atoms with Crippen molar-refractivity contribution >= 4 is 11.7 Å². The molecule has 0 aliphatic heterocycles. The van der Waals surface area contributed by atoms with Crippen LogP contribution in [0.4, 0.5) is 0 Å². The minimum absolute atomic E-state index is 0.0507. The van der Waals surface area contributed by atoms with Gasteiger partial charge in [0.25, 0.3) is 5.91 Å². The number of nitrogens with two attached hydrogens (primary N) is 1. The van der Waals surface area contributed by atoms with Crippen molar-refractivity contribution < 1.29 is 14.7 Å². The molecule has 0 spiro atoms. The van der Waals surface area contributed by atoms with E-state index < -0.39 is 11.6 Å². The lowest BCUT2D eigenvalue weighted by Gasteiger charge is -2.23. The smallest absolute Gasteiger partial charge is 0.252 e. The first-order chi connectivity index (χ1) is 6.35. The number of hydrogen-bond donors (Lipinski definition) is 3. The summed E-state index contributed by atoms with van der Waals surface area (Å²) in [4.78, 5) is 11.5. The summed E-state index contributed by atoms with van der Waals surface area (Å²) in [5.41, 5.74) is 4.37. The highest BCUT2D eigenvalue weighted by atomic mass is 16.5. The van der Waals surface area contributed by atoms with Crippen LogP contribution in [0, 0.1) is 0 Å². The van der Waals surface area contributed by atoms with Gasteiger partial charge in [0.15, 0.2) is 5.84 Å². The Kier molecular flexibility index (Phi) is 4.36. The number of carbonyl (C=O) groups excluding carboxylic acids is 1. The maximum atomic E-state index is 11.5. The number of nitrogens with zero attached hydrogens (tertiary/aromatic N) is 1. The quantitative estimate of drug-likeness (QED) is 0.252. The van der Waals surface area contributed by atoms with Crippen LogP contribution in [-0.2, 0) is 9.53 Å². The molecule has 0 fully saturated rings. The first kappa shape index (κ1) is 12.7. The molecular weight excluding hydrogens is 186 g/mol. The first-order valence-corrected chi connectivity index (χ1v) is 4.18. The van der Waals surface area contributed by atoms with Gasteiger partial charge in [0.2, 0.25) is 0 Å². The standard InChI is InChI=1S/C8H17N3O3/c1-5(6(9)11-13)10-7(12)8(2,3)14-4/h5,13H,1-4H3,(H2,9,11)(H,10,12). The molecule has 0 aromatic rings. The summed E-state index contributed by atoms with van der Waals surface area (Å²) in [6, 6.07) is -0.526. The Morgan fingerprint density at radius 2 is 2.14 bits per heavy atom. The van der Waals surface area contributed by atoms with E-state index in [0.29, 0.717) is 0 Å². The molecule has 0 radical (unpaired) electrons. The van der Waals surface area contributed by atoms with Gasteiger partial charge in [-0.25, -0.2) is 0 Å². The van der Waals surface area contributed by atoms with Crippen LogP contribution in [0.5, 0.6) is 0 Å². The monoisotopic (exact) mass is 203 g/mol. The van der Waals surface area contributed by atoms with E-state index in [0.717, 1.165) is 0 Å². The van der Waals surface area contributed by atoms with E-state index in [-0.39, 0.29) is 11.7 Å². The van der Waals surface area contributed by atoms with Crippen LogP contribution < -0.4 is 11.1 Å². The van der Waals surface area contributed by atoms with E-state index in [1.165, 1.54) is 7.11 Å². The lowest BCUT2D eigenvalue weighted by Crippen LogP contribution is -2.50. The van der Waals surface area contributed by atoms with E-state index in [9.17, 15) is 4.79 Å². The Labute approximate surface area is 83.1 Å². The lowest BCUT2D eigenvalue weighted by atomic mass is 10.1. The number of rotatable bonds is 4. The summed E-state index contributed by atoms with van der Waals surface area (Å²) in [6.45, 7) is 4.86. The van der Waals surface area contributed by atoms with E-state index in [2.05, 4.69) is 10.5 Å². The normalized spacial score (nSPS) is 15.0. The number of oxime groups is 1. The van der Waals surface area contributed by atoms with Crippen molar-refractivity contribution in [2.24, 2.45) is 10.9 Å². The highest BCUT2D eigenvalue weighted by Crippen LogP contribution is 2.07. The first-order valence-electron chi connectivity index (χ1n) is 4.18. The van der Waals surface area contributed by atoms with Gasteiger partial charge in [-0.1, -0.05) is 5.16 Å². The number of nitrogens with one attached hydrogen (secondary N) is 1. The zero-order chi connectivity index (χ0) is 11.4. The molecule has 0 aliphatic carbocycles. The molecule has 14 heavy (non-hydrogen) atoms. The van der Waals surface area contributed by atoms with Crippen molar-refractivity contribution in [1.29, 1.82) is 0 Å². The van der Waals surface area contributed by atoms with Gasteiger partial charge < -0.3 is 21.0 Å². The predicted octanol–water partition coefficient (Wildman–Crippen LogP) is -0.337. The third kappa shape index (κ3) is 3.21. The molecule has 0 saturated heterocycles. The molecule has 6 nitrogen and oxygen atoms in total. The van der Waals surface area contributed by atoms with Gasteiger partial charge in [-0.05, 0) is 20.8 Å². The summed E-state index contributed by atoms with van der Waals surface area (Å²) in [7, 11) is 1.44. The molecule has 0 aromatic heterocycles. The highest BCUT2D eigenvalue weighted by Gasteiger charge is 2.28. The molecule has 4 N–H and O–H groups in total. The fourth-order valence-electron chi connectivity index (χ4n) is 0.624. The number of carbonyl (C=O) groups is 1. The topological polar surface area (TPSA) is 96.9 Å². The van der Waals surface area contributed by atoms with Gasteiger partial charge in [-0.15, -0.1) is 0 Å². The molecule has 0 aromatic carbocycles. The average Bonchev–Trinajstić information content (AvgIpc) is 2.16. The second-order valence-corrected chi connectivity index (χ2v) is 3.43. The molecule has 1 atom stereocenters. The van der Waals surface area contributed by atoms with Crippen LogP contribution in [0.3, 0.4) is 0 Å². The second kappa shape index (κ2) is 4.80. The fraction of sp³-hybridized carbons (Fsp3) is 0.750. The van der Waals surface area contributed by atoms with Crippen molar-refractivity contribution in [2.75, 3.05) is 7.11 Å². The maximum Gasteiger partial charge on any atom is 0.252 e. The van der Waals surface area contributed by atoms with E-state index >= 15 is 0 Å². The lowest BCUT2D eigenvalue weighted by molar-refractivity contribution is -0.139. The minimum atomic E-state index is -0.927. The van der Waals surface area contributed by atoms with Crippen molar-refractivity contribution in [1.82, 2.24) is 5.32 Å². The molecule has 0 bridgehead atoms. The van der Waals surface area contributed by atoms with Gasteiger partial charge in [0.05, 0.1) is 6.04 Å². The van der Waals surface area contributed by atoms with Crippen molar-refractivity contribution in [3.8, 4) is 0 Å². The number of ether oxygens (including phenoxy) is 1. The highest BCUT2D eigenvalue weighted by molar-refractivity contribution is 5.92. The summed E-state index contributed by atoms with van der Waals surface area (Å²) >= 11 is 0. The van der Waals surface area contributed by atoms with E-state index in [1.54, 1.807) is 20.8 Å². The largest absolute Gasteiger partial charge is 0.409 e. The third-order valence-electron chi connectivity index (χ3n) is 1.96. The molecular formula is C8H17N3O3. The minimum Gasteiger partial charge on any atom is -0.409 e. The van der Waals surface area contributed by atoms with Gasteiger partial charge >= 0.3 is 0 Å². The molecule has 0 rings (SSSR count). The zero-order valence-corrected chi connectivity index (χ0v) is 8.87. The van der Waals surface area contributed by atoms with Crippen LogP contribution in [0.2, 0.25) is 0 Å². The van der Waals surface area contributed by atoms with Gasteiger partial charge in [-0.2, -0.15) is 0 Å². The molecule has 6 heteroatoms. The number of amidine groups is 1. The summed E-state index contributed by atoms with van der Waals surface area (Å²) in [6.07, 6.45) is 0. The van der Waals surface area contributed by atoms with Gasteiger partial charge in [-0.3, -0.25) is 4.79 Å². The Morgan fingerprint density at radius 3 is 2.50 bits per heavy atom. The summed E-state index contributed by atoms with van der Waals surface area (Å²) < 4.78 is 4.96.